The fraction of sp³-hybridized carbons (Fsp3) is 0.474. The lowest BCUT2D eigenvalue weighted by atomic mass is 9.71. The molecule has 4 rings (SSSR count). The van der Waals surface area contributed by atoms with Crippen molar-refractivity contribution in [3.05, 3.63) is 39.9 Å². The Balaban J connectivity index is 1.98. The Morgan fingerprint density at radius 1 is 1.30 bits per heavy atom. The zero-order valence-corrected chi connectivity index (χ0v) is 14.3. The standard InChI is InChI=1S/C19H22ClNO2/c1-10-5-15-13(8-18(10)23-2)12-3-4-19(21)9-11(22)6-16(19)14(12)7-17(15)20/h5,7-8,11,16,22H,3-4,6,9,21H2,1-2H3/t11-,16+,19+/m0/s1. The number of fused-ring (bicyclic) bond motifs is 5. The maximum absolute atomic E-state index is 10.1. The molecule has 23 heavy (non-hydrogen) atoms. The number of aryl methyl sites for hydroxylation is 2. The van der Waals surface area contributed by atoms with Crippen molar-refractivity contribution < 1.29 is 9.84 Å². The van der Waals surface area contributed by atoms with Gasteiger partial charge in [0.15, 0.2) is 0 Å². The first-order chi connectivity index (χ1) is 10.9. The molecule has 3 nitrogen and oxygen atoms in total. The molecule has 3 N–H and O–H groups in total. The van der Waals surface area contributed by atoms with Gasteiger partial charge >= 0.3 is 0 Å². The van der Waals surface area contributed by atoms with E-state index in [9.17, 15) is 5.11 Å². The van der Waals surface area contributed by atoms with Gasteiger partial charge in [0, 0.05) is 21.9 Å². The minimum absolute atomic E-state index is 0.190. The van der Waals surface area contributed by atoms with E-state index in [1.54, 1.807) is 7.11 Å². The van der Waals surface area contributed by atoms with E-state index in [2.05, 4.69) is 18.2 Å². The van der Waals surface area contributed by atoms with Gasteiger partial charge in [-0.25, -0.2) is 0 Å². The topological polar surface area (TPSA) is 55.5 Å². The number of methoxy groups -OCH3 is 1. The number of hydrogen-bond acceptors (Lipinski definition) is 3. The summed E-state index contributed by atoms with van der Waals surface area (Å²) in [6.07, 6.45) is 2.94. The molecule has 0 saturated heterocycles. The second-order valence-electron chi connectivity index (χ2n) is 7.17. The van der Waals surface area contributed by atoms with Crippen LogP contribution >= 0.6 is 11.6 Å². The van der Waals surface area contributed by atoms with Crippen molar-refractivity contribution in [2.45, 2.75) is 50.2 Å². The number of halogens is 1. The van der Waals surface area contributed by atoms with Gasteiger partial charge in [-0.2, -0.15) is 0 Å². The van der Waals surface area contributed by atoms with Crippen LogP contribution in [-0.2, 0) is 6.42 Å². The molecular weight excluding hydrogens is 310 g/mol. The number of benzene rings is 2. The van der Waals surface area contributed by atoms with Crippen molar-refractivity contribution in [3.8, 4) is 5.75 Å². The van der Waals surface area contributed by atoms with Gasteiger partial charge in [0.25, 0.3) is 0 Å². The molecule has 0 heterocycles. The van der Waals surface area contributed by atoms with Gasteiger partial charge in [-0.15, -0.1) is 0 Å². The number of ether oxygens (including phenoxy) is 1. The Morgan fingerprint density at radius 3 is 2.83 bits per heavy atom. The maximum Gasteiger partial charge on any atom is 0.122 e. The van der Waals surface area contributed by atoms with Crippen molar-refractivity contribution >= 4 is 22.4 Å². The number of aliphatic hydroxyl groups excluding tert-OH is 1. The van der Waals surface area contributed by atoms with Crippen LogP contribution in [0.1, 0.15) is 41.9 Å². The van der Waals surface area contributed by atoms with Crippen LogP contribution < -0.4 is 10.5 Å². The number of hydrogen-bond donors (Lipinski definition) is 2. The summed E-state index contributed by atoms with van der Waals surface area (Å²) in [5, 5.41) is 13.1. The molecular formula is C19H22ClNO2. The highest BCUT2D eigenvalue weighted by Gasteiger charge is 2.47. The highest BCUT2D eigenvalue weighted by atomic mass is 35.5. The van der Waals surface area contributed by atoms with Crippen molar-refractivity contribution in [2.24, 2.45) is 5.73 Å². The second-order valence-corrected chi connectivity index (χ2v) is 7.58. The van der Waals surface area contributed by atoms with Gasteiger partial charge in [-0.3, -0.25) is 0 Å². The average Bonchev–Trinajstić information content (AvgIpc) is 2.82. The molecule has 0 aromatic heterocycles. The molecule has 0 radical (unpaired) electrons. The van der Waals surface area contributed by atoms with E-state index in [1.165, 1.54) is 16.5 Å². The number of nitrogens with two attached hydrogens (primary N) is 1. The molecule has 0 bridgehead atoms. The fourth-order valence-electron chi connectivity index (χ4n) is 4.64. The van der Waals surface area contributed by atoms with E-state index >= 15 is 0 Å². The lowest BCUT2D eigenvalue weighted by Crippen LogP contribution is -2.45. The predicted octanol–water partition coefficient (Wildman–Crippen LogP) is 3.69. The molecule has 0 unspecified atom stereocenters. The summed E-state index contributed by atoms with van der Waals surface area (Å²) in [5.41, 5.74) is 9.95. The largest absolute Gasteiger partial charge is 0.496 e. The molecule has 0 spiro atoms. The van der Waals surface area contributed by atoms with Crippen LogP contribution in [0, 0.1) is 6.92 Å². The van der Waals surface area contributed by atoms with Crippen LogP contribution in [0.5, 0.6) is 5.75 Å². The van der Waals surface area contributed by atoms with Gasteiger partial charge in [-0.1, -0.05) is 11.6 Å². The molecule has 0 aliphatic heterocycles. The molecule has 1 saturated carbocycles. The minimum Gasteiger partial charge on any atom is -0.496 e. The Morgan fingerprint density at radius 2 is 2.09 bits per heavy atom. The normalized spacial score (nSPS) is 29.4. The van der Waals surface area contributed by atoms with Crippen LogP contribution in [0.25, 0.3) is 10.8 Å². The Labute approximate surface area is 141 Å². The van der Waals surface area contributed by atoms with Crippen LogP contribution in [0.4, 0.5) is 0 Å². The molecule has 2 aliphatic rings. The first-order valence-corrected chi connectivity index (χ1v) is 8.57. The highest BCUT2D eigenvalue weighted by molar-refractivity contribution is 6.35. The summed E-state index contributed by atoms with van der Waals surface area (Å²) in [5.74, 6) is 1.08. The zero-order valence-electron chi connectivity index (χ0n) is 13.5. The molecule has 2 aliphatic carbocycles. The third-order valence-corrected chi connectivity index (χ3v) is 6.09. The van der Waals surface area contributed by atoms with Gasteiger partial charge in [0.2, 0.25) is 0 Å². The van der Waals surface area contributed by atoms with E-state index in [4.69, 9.17) is 22.1 Å². The molecule has 122 valence electrons. The lowest BCUT2D eigenvalue weighted by molar-refractivity contribution is 0.173. The van der Waals surface area contributed by atoms with Gasteiger partial charge in [0.1, 0.15) is 5.75 Å². The van der Waals surface area contributed by atoms with Crippen molar-refractivity contribution in [1.29, 1.82) is 0 Å². The van der Waals surface area contributed by atoms with Crippen LogP contribution in [0.3, 0.4) is 0 Å². The van der Waals surface area contributed by atoms with Crippen LogP contribution in [0.2, 0.25) is 5.02 Å². The summed E-state index contributed by atoms with van der Waals surface area (Å²) in [6.45, 7) is 2.03. The second kappa shape index (κ2) is 5.10. The number of rotatable bonds is 1. The molecule has 1 fully saturated rings. The SMILES string of the molecule is COc1cc2c3c(cc(Cl)c2cc1C)[C@H]1C[C@H](O)C[C@]1(N)CC3. The highest BCUT2D eigenvalue weighted by Crippen LogP contribution is 2.51. The van der Waals surface area contributed by atoms with E-state index in [0.717, 1.165) is 41.0 Å². The van der Waals surface area contributed by atoms with Gasteiger partial charge in [-0.05, 0) is 72.9 Å². The minimum atomic E-state index is -0.307. The van der Waals surface area contributed by atoms with Gasteiger partial charge < -0.3 is 15.6 Å². The molecule has 2 aromatic carbocycles. The monoisotopic (exact) mass is 331 g/mol. The van der Waals surface area contributed by atoms with E-state index < -0.39 is 0 Å². The van der Waals surface area contributed by atoms with Gasteiger partial charge in [0.05, 0.1) is 13.2 Å². The summed E-state index contributed by atoms with van der Waals surface area (Å²) in [7, 11) is 1.70. The maximum atomic E-state index is 10.1. The lowest BCUT2D eigenvalue weighted by Gasteiger charge is -2.38. The molecule has 2 aromatic rings. The Hall–Kier alpha value is -1.29. The summed E-state index contributed by atoms with van der Waals surface area (Å²) < 4.78 is 5.50. The zero-order chi connectivity index (χ0) is 16.4. The average molecular weight is 332 g/mol. The van der Waals surface area contributed by atoms with E-state index in [1.807, 2.05) is 6.92 Å². The summed E-state index contributed by atoms with van der Waals surface area (Å²) in [4.78, 5) is 0. The first-order valence-electron chi connectivity index (χ1n) is 8.19. The Bertz CT molecular complexity index is 804. The first kappa shape index (κ1) is 15.3. The number of aliphatic hydroxyl groups is 1. The molecule has 3 atom stereocenters. The van der Waals surface area contributed by atoms with E-state index in [0.29, 0.717) is 6.42 Å². The molecule has 0 amide bonds. The third-order valence-electron chi connectivity index (χ3n) is 5.78. The summed E-state index contributed by atoms with van der Waals surface area (Å²) in [6, 6.07) is 6.28. The quantitative estimate of drug-likeness (QED) is 0.838. The summed E-state index contributed by atoms with van der Waals surface area (Å²) >= 11 is 6.59. The van der Waals surface area contributed by atoms with Crippen molar-refractivity contribution in [2.75, 3.05) is 7.11 Å². The van der Waals surface area contributed by atoms with Crippen molar-refractivity contribution in [3.63, 3.8) is 0 Å². The van der Waals surface area contributed by atoms with E-state index in [-0.39, 0.29) is 17.6 Å². The Kier molecular flexibility index (Phi) is 3.38. The third kappa shape index (κ3) is 2.18. The molecule has 4 heteroatoms. The predicted molar refractivity (Wildman–Crippen MR) is 93.5 cm³/mol. The fourth-order valence-corrected chi connectivity index (χ4v) is 4.92. The smallest absolute Gasteiger partial charge is 0.122 e. The van der Waals surface area contributed by atoms with Crippen LogP contribution in [0.15, 0.2) is 18.2 Å². The van der Waals surface area contributed by atoms with Crippen LogP contribution in [-0.4, -0.2) is 23.9 Å². The van der Waals surface area contributed by atoms with Crippen molar-refractivity contribution in [1.82, 2.24) is 0 Å².